The van der Waals surface area contributed by atoms with Gasteiger partial charge in [0, 0.05) is 6.54 Å². The number of aliphatic carboxylic acids is 1. The van der Waals surface area contributed by atoms with Crippen molar-refractivity contribution in [3.63, 3.8) is 0 Å². The van der Waals surface area contributed by atoms with E-state index in [2.05, 4.69) is 26.1 Å². The average molecular weight is 293 g/mol. The van der Waals surface area contributed by atoms with Crippen LogP contribution in [0.2, 0.25) is 0 Å². The van der Waals surface area contributed by atoms with E-state index in [9.17, 15) is 14.7 Å². The van der Waals surface area contributed by atoms with E-state index in [1.54, 1.807) is 0 Å². The molecular formula is C17H27NO3. The van der Waals surface area contributed by atoms with Crippen LogP contribution in [0.1, 0.15) is 46.5 Å². The second-order valence-corrected chi connectivity index (χ2v) is 6.62. The molecule has 4 atom stereocenters. The summed E-state index contributed by atoms with van der Waals surface area (Å²) in [7, 11) is 0. The quantitative estimate of drug-likeness (QED) is 0.709. The van der Waals surface area contributed by atoms with Gasteiger partial charge in [0.05, 0.1) is 11.8 Å². The van der Waals surface area contributed by atoms with E-state index in [4.69, 9.17) is 0 Å². The zero-order chi connectivity index (χ0) is 15.6. The molecule has 2 bridgehead atoms. The van der Waals surface area contributed by atoms with Crippen LogP contribution in [-0.4, -0.2) is 23.5 Å². The van der Waals surface area contributed by atoms with Gasteiger partial charge in [-0.2, -0.15) is 0 Å². The van der Waals surface area contributed by atoms with Crippen LogP contribution >= 0.6 is 0 Å². The maximum absolute atomic E-state index is 12.5. The van der Waals surface area contributed by atoms with Gasteiger partial charge in [-0.25, -0.2) is 0 Å². The van der Waals surface area contributed by atoms with Crippen LogP contribution in [0.25, 0.3) is 0 Å². The molecule has 118 valence electrons. The van der Waals surface area contributed by atoms with Crippen molar-refractivity contribution >= 4 is 11.9 Å². The maximum Gasteiger partial charge on any atom is 0.307 e. The Morgan fingerprint density at radius 2 is 1.62 bits per heavy atom. The Hall–Kier alpha value is -1.32. The highest BCUT2D eigenvalue weighted by Crippen LogP contribution is 2.48. The topological polar surface area (TPSA) is 66.4 Å². The first-order chi connectivity index (χ1) is 9.98. The molecule has 1 amide bonds. The van der Waals surface area contributed by atoms with Crippen LogP contribution < -0.4 is 5.32 Å². The number of fused-ring (bicyclic) bond motifs is 2. The third-order valence-corrected chi connectivity index (χ3v) is 5.93. The first-order valence-electron chi connectivity index (χ1n) is 8.16. The Kier molecular flexibility index (Phi) is 4.74. The molecule has 0 heterocycles. The second kappa shape index (κ2) is 6.20. The number of carboxylic acid groups (broad SMARTS) is 1. The van der Waals surface area contributed by atoms with Gasteiger partial charge in [0.25, 0.3) is 0 Å². The van der Waals surface area contributed by atoms with Crippen LogP contribution in [0.5, 0.6) is 0 Å². The van der Waals surface area contributed by atoms with Gasteiger partial charge in [-0.1, -0.05) is 32.9 Å². The van der Waals surface area contributed by atoms with Crippen molar-refractivity contribution < 1.29 is 14.7 Å². The summed E-state index contributed by atoms with van der Waals surface area (Å²) >= 11 is 0. The molecule has 0 spiro atoms. The molecule has 4 heteroatoms. The highest BCUT2D eigenvalue weighted by molar-refractivity contribution is 5.86. The molecule has 2 aliphatic carbocycles. The van der Waals surface area contributed by atoms with Crippen molar-refractivity contribution in [1.82, 2.24) is 5.32 Å². The Morgan fingerprint density at radius 1 is 1.10 bits per heavy atom. The molecule has 0 saturated heterocycles. The number of allylic oxidation sites excluding steroid dienone is 2. The largest absolute Gasteiger partial charge is 0.481 e. The summed E-state index contributed by atoms with van der Waals surface area (Å²) in [4.78, 5) is 24.0. The van der Waals surface area contributed by atoms with Crippen molar-refractivity contribution in [3.8, 4) is 0 Å². The molecule has 0 aromatic carbocycles. The van der Waals surface area contributed by atoms with E-state index in [0.717, 1.165) is 25.7 Å². The summed E-state index contributed by atoms with van der Waals surface area (Å²) in [6.45, 7) is 7.11. The van der Waals surface area contributed by atoms with Gasteiger partial charge >= 0.3 is 5.97 Å². The van der Waals surface area contributed by atoms with Crippen molar-refractivity contribution in [3.05, 3.63) is 12.2 Å². The predicted octanol–water partition coefficient (Wildman–Crippen LogP) is 2.84. The second-order valence-electron chi connectivity index (χ2n) is 6.62. The Bertz CT molecular complexity index is 431. The van der Waals surface area contributed by atoms with Crippen molar-refractivity contribution in [2.24, 2.45) is 29.1 Å². The molecule has 4 nitrogen and oxygen atoms in total. The van der Waals surface area contributed by atoms with E-state index >= 15 is 0 Å². The fourth-order valence-corrected chi connectivity index (χ4v) is 4.03. The highest BCUT2D eigenvalue weighted by Gasteiger charge is 2.51. The third kappa shape index (κ3) is 2.85. The van der Waals surface area contributed by atoms with Crippen LogP contribution in [0.3, 0.4) is 0 Å². The molecule has 2 N–H and O–H groups in total. The molecule has 2 rings (SSSR count). The number of hydrogen-bond acceptors (Lipinski definition) is 2. The summed E-state index contributed by atoms with van der Waals surface area (Å²) in [6.07, 6.45) is 7.90. The molecule has 2 aliphatic rings. The zero-order valence-corrected chi connectivity index (χ0v) is 13.3. The lowest BCUT2D eigenvalue weighted by Crippen LogP contribution is -2.44. The van der Waals surface area contributed by atoms with Crippen LogP contribution in [-0.2, 0) is 9.59 Å². The molecule has 1 saturated carbocycles. The molecule has 0 aromatic rings. The molecular weight excluding hydrogens is 266 g/mol. The fraction of sp³-hybridized carbons (Fsp3) is 0.765. The average Bonchev–Trinajstić information content (AvgIpc) is 3.09. The summed E-state index contributed by atoms with van der Waals surface area (Å²) in [6, 6.07) is 0. The molecule has 0 radical (unpaired) electrons. The lowest BCUT2D eigenvalue weighted by atomic mass is 9.79. The van der Waals surface area contributed by atoms with Gasteiger partial charge in [-0.15, -0.1) is 0 Å². The first kappa shape index (κ1) is 16.1. The van der Waals surface area contributed by atoms with Crippen molar-refractivity contribution in [2.75, 3.05) is 6.54 Å². The van der Waals surface area contributed by atoms with Crippen LogP contribution in [0, 0.1) is 29.1 Å². The number of nitrogens with one attached hydrogen (secondary N) is 1. The standard InChI is InChI=1S/C17H27NO3/c1-4-17(5-2,6-3)10-18-15(19)13-11-7-8-12(9-11)14(13)16(20)21/h7-8,11-14H,4-6,9-10H2,1-3H3,(H,18,19)(H,20,21). The first-order valence-corrected chi connectivity index (χ1v) is 8.16. The lowest BCUT2D eigenvalue weighted by Gasteiger charge is -2.32. The van der Waals surface area contributed by atoms with Gasteiger partial charge in [-0.05, 0) is 42.9 Å². The maximum atomic E-state index is 12.5. The smallest absolute Gasteiger partial charge is 0.307 e. The minimum atomic E-state index is -0.834. The Labute approximate surface area is 127 Å². The number of hydrogen-bond donors (Lipinski definition) is 2. The minimum absolute atomic E-state index is 0.0385. The summed E-state index contributed by atoms with van der Waals surface area (Å²) in [5, 5.41) is 12.5. The van der Waals surface area contributed by atoms with Gasteiger partial charge < -0.3 is 10.4 Å². The van der Waals surface area contributed by atoms with E-state index in [1.807, 2.05) is 12.2 Å². The van der Waals surface area contributed by atoms with E-state index < -0.39 is 11.9 Å². The van der Waals surface area contributed by atoms with Gasteiger partial charge in [0.1, 0.15) is 0 Å². The van der Waals surface area contributed by atoms with E-state index in [1.165, 1.54) is 0 Å². The summed E-state index contributed by atoms with van der Waals surface area (Å²) in [5.41, 5.74) is 0.141. The monoisotopic (exact) mass is 293 g/mol. The molecule has 1 fully saturated rings. The molecule has 0 aromatic heterocycles. The number of amides is 1. The van der Waals surface area contributed by atoms with Crippen molar-refractivity contribution in [1.29, 1.82) is 0 Å². The SMILES string of the molecule is CCC(CC)(CC)CNC(=O)C1C2C=CC(C2)C1C(=O)O. The van der Waals surface area contributed by atoms with Crippen molar-refractivity contribution in [2.45, 2.75) is 46.5 Å². The number of carboxylic acids is 1. The Morgan fingerprint density at radius 3 is 2.10 bits per heavy atom. The number of rotatable bonds is 7. The minimum Gasteiger partial charge on any atom is -0.481 e. The molecule has 4 unspecified atom stereocenters. The van der Waals surface area contributed by atoms with Gasteiger partial charge in [0.2, 0.25) is 5.91 Å². The van der Waals surface area contributed by atoms with Gasteiger partial charge in [-0.3, -0.25) is 9.59 Å². The van der Waals surface area contributed by atoms with E-state index in [-0.39, 0.29) is 29.1 Å². The zero-order valence-electron chi connectivity index (χ0n) is 13.3. The predicted molar refractivity (Wildman–Crippen MR) is 81.7 cm³/mol. The highest BCUT2D eigenvalue weighted by atomic mass is 16.4. The summed E-state index contributed by atoms with van der Waals surface area (Å²) in [5.74, 6) is -1.69. The molecule has 0 aliphatic heterocycles. The summed E-state index contributed by atoms with van der Waals surface area (Å²) < 4.78 is 0. The van der Waals surface area contributed by atoms with Crippen LogP contribution in [0.15, 0.2) is 12.2 Å². The number of carbonyl (C=O) groups is 2. The van der Waals surface area contributed by atoms with Gasteiger partial charge in [0.15, 0.2) is 0 Å². The lowest BCUT2D eigenvalue weighted by molar-refractivity contribution is -0.147. The molecule has 21 heavy (non-hydrogen) atoms. The van der Waals surface area contributed by atoms with E-state index in [0.29, 0.717) is 6.54 Å². The normalized spacial score (nSPS) is 30.6. The number of carbonyl (C=O) groups excluding carboxylic acids is 1. The Balaban J connectivity index is 2.03. The fourth-order valence-electron chi connectivity index (χ4n) is 4.03. The van der Waals surface area contributed by atoms with Crippen LogP contribution in [0.4, 0.5) is 0 Å². The third-order valence-electron chi connectivity index (χ3n) is 5.93.